The molecule has 1 atom stereocenters. The van der Waals surface area contributed by atoms with E-state index < -0.39 is 6.04 Å². The summed E-state index contributed by atoms with van der Waals surface area (Å²) in [6.45, 7) is 4.02. The van der Waals surface area contributed by atoms with Gasteiger partial charge in [0.2, 0.25) is 11.8 Å². The molecule has 0 radical (unpaired) electrons. The number of aryl methyl sites for hydroxylation is 1. The molecule has 0 saturated heterocycles. The molecule has 0 aliphatic carbocycles. The lowest BCUT2D eigenvalue weighted by atomic mass is 10.1. The van der Waals surface area contributed by atoms with Gasteiger partial charge >= 0.3 is 0 Å². The highest BCUT2D eigenvalue weighted by Gasteiger charge is 2.25. The number of nitrogens with one attached hydrogen (secondary N) is 1. The van der Waals surface area contributed by atoms with Gasteiger partial charge in [-0.3, -0.25) is 9.59 Å². The third-order valence-corrected chi connectivity index (χ3v) is 5.72. The highest BCUT2D eigenvalue weighted by atomic mass is 35.5. The molecule has 0 saturated carbocycles. The Kier molecular flexibility index (Phi) is 8.33. The van der Waals surface area contributed by atoms with Crippen molar-refractivity contribution >= 4 is 35.2 Å². The fraction of sp³-hybridized carbons (Fsp3) is 0.333. The normalized spacial score (nSPS) is 11.8. The number of hydrogen-bond acceptors (Lipinski definition) is 3. The number of halogens is 2. The van der Waals surface area contributed by atoms with Crippen molar-refractivity contribution in [3.8, 4) is 0 Å². The van der Waals surface area contributed by atoms with E-state index in [1.54, 1.807) is 31.0 Å². The number of amides is 2. The van der Waals surface area contributed by atoms with E-state index >= 15 is 0 Å². The first-order valence-electron chi connectivity index (χ1n) is 8.90. The summed E-state index contributed by atoms with van der Waals surface area (Å²) >= 11 is 7.31. The van der Waals surface area contributed by atoms with Crippen LogP contribution in [0.15, 0.2) is 42.5 Å². The van der Waals surface area contributed by atoms with E-state index in [-0.39, 0.29) is 29.1 Å². The molecular formula is C21H24ClFN2O2S. The standard InChI is InChI=1S/C21H24ClFN2O2S/c1-14-7-9-16(10-8-14)11-25(15(2)21(27)24-3)20(26)13-28-12-17-18(22)5-4-6-19(17)23/h4-10,15H,11-13H2,1-3H3,(H,24,27)/t15-/m0/s1. The first-order valence-corrected chi connectivity index (χ1v) is 10.4. The van der Waals surface area contributed by atoms with Crippen molar-refractivity contribution in [2.45, 2.75) is 32.2 Å². The number of thioether (sulfide) groups is 1. The zero-order chi connectivity index (χ0) is 20.7. The minimum atomic E-state index is -0.614. The van der Waals surface area contributed by atoms with Gasteiger partial charge in [0.1, 0.15) is 11.9 Å². The van der Waals surface area contributed by atoms with Crippen molar-refractivity contribution in [1.82, 2.24) is 10.2 Å². The van der Waals surface area contributed by atoms with Crippen LogP contribution in [0.3, 0.4) is 0 Å². The zero-order valence-corrected chi connectivity index (χ0v) is 17.7. The summed E-state index contributed by atoms with van der Waals surface area (Å²) in [5.41, 5.74) is 2.45. The first kappa shape index (κ1) is 22.2. The Labute approximate surface area is 174 Å². The van der Waals surface area contributed by atoms with Gasteiger partial charge in [-0.25, -0.2) is 4.39 Å². The van der Waals surface area contributed by atoms with Crippen molar-refractivity contribution in [1.29, 1.82) is 0 Å². The maximum atomic E-state index is 13.9. The number of carbonyl (C=O) groups excluding carboxylic acids is 2. The lowest BCUT2D eigenvalue weighted by Gasteiger charge is -2.28. The quantitative estimate of drug-likeness (QED) is 0.694. The molecular weight excluding hydrogens is 399 g/mol. The highest BCUT2D eigenvalue weighted by molar-refractivity contribution is 7.99. The maximum absolute atomic E-state index is 13.9. The maximum Gasteiger partial charge on any atom is 0.242 e. The second-order valence-corrected chi connectivity index (χ2v) is 7.88. The second kappa shape index (κ2) is 10.5. The van der Waals surface area contributed by atoms with E-state index in [1.165, 1.54) is 17.8 Å². The molecule has 4 nitrogen and oxygen atoms in total. The van der Waals surface area contributed by atoms with E-state index in [0.29, 0.717) is 17.1 Å². The predicted octanol–water partition coefficient (Wildman–Crippen LogP) is 4.18. The van der Waals surface area contributed by atoms with Gasteiger partial charge in [-0.05, 0) is 31.5 Å². The Bertz CT molecular complexity index is 809. The average Bonchev–Trinajstić information content (AvgIpc) is 2.68. The number of hydrogen-bond donors (Lipinski definition) is 1. The van der Waals surface area contributed by atoms with Gasteiger partial charge < -0.3 is 10.2 Å². The van der Waals surface area contributed by atoms with Crippen LogP contribution in [0.25, 0.3) is 0 Å². The molecule has 0 unspecified atom stereocenters. The molecule has 0 spiro atoms. The second-order valence-electron chi connectivity index (χ2n) is 6.49. The highest BCUT2D eigenvalue weighted by Crippen LogP contribution is 2.24. The van der Waals surface area contributed by atoms with Gasteiger partial charge in [0.15, 0.2) is 0 Å². The monoisotopic (exact) mass is 422 g/mol. The van der Waals surface area contributed by atoms with Crippen molar-refractivity contribution in [2.24, 2.45) is 0 Å². The Balaban J connectivity index is 2.07. The SMILES string of the molecule is CNC(=O)[C@H](C)N(Cc1ccc(C)cc1)C(=O)CSCc1c(F)cccc1Cl. The van der Waals surface area contributed by atoms with Crippen molar-refractivity contribution in [3.63, 3.8) is 0 Å². The number of rotatable bonds is 8. The smallest absolute Gasteiger partial charge is 0.242 e. The predicted molar refractivity (Wildman–Crippen MR) is 113 cm³/mol. The van der Waals surface area contributed by atoms with E-state index in [4.69, 9.17) is 11.6 Å². The van der Waals surface area contributed by atoms with Crippen LogP contribution >= 0.6 is 23.4 Å². The van der Waals surface area contributed by atoms with E-state index in [2.05, 4.69) is 5.32 Å². The van der Waals surface area contributed by atoms with E-state index in [1.807, 2.05) is 31.2 Å². The van der Waals surface area contributed by atoms with Crippen molar-refractivity contribution in [2.75, 3.05) is 12.8 Å². The molecule has 2 amide bonds. The molecule has 0 fully saturated rings. The molecule has 0 aliphatic rings. The van der Waals surface area contributed by atoms with Crippen molar-refractivity contribution in [3.05, 3.63) is 70.0 Å². The summed E-state index contributed by atoms with van der Waals surface area (Å²) in [4.78, 5) is 26.5. The van der Waals surface area contributed by atoms with Crippen LogP contribution in [0.5, 0.6) is 0 Å². The van der Waals surface area contributed by atoms with Gasteiger partial charge in [-0.2, -0.15) is 0 Å². The Morgan fingerprint density at radius 3 is 2.50 bits per heavy atom. The third kappa shape index (κ3) is 5.97. The number of likely N-dealkylation sites (N-methyl/N-ethyl adjacent to an activating group) is 1. The lowest BCUT2D eigenvalue weighted by Crippen LogP contribution is -2.47. The molecule has 0 aliphatic heterocycles. The van der Waals surface area contributed by atoms with E-state index in [0.717, 1.165) is 11.1 Å². The summed E-state index contributed by atoms with van der Waals surface area (Å²) in [6, 6.07) is 11.7. The number of nitrogens with zero attached hydrogens (tertiary/aromatic N) is 1. The largest absolute Gasteiger partial charge is 0.357 e. The number of carbonyl (C=O) groups is 2. The summed E-state index contributed by atoms with van der Waals surface area (Å²) in [7, 11) is 1.54. The Morgan fingerprint density at radius 1 is 1.21 bits per heavy atom. The summed E-state index contributed by atoms with van der Waals surface area (Å²) < 4.78 is 13.9. The molecule has 2 rings (SSSR count). The topological polar surface area (TPSA) is 49.4 Å². The van der Waals surface area contributed by atoms with Crippen LogP contribution in [0.4, 0.5) is 4.39 Å². The van der Waals surface area contributed by atoms with Crippen LogP contribution < -0.4 is 5.32 Å². The average molecular weight is 423 g/mol. The molecule has 7 heteroatoms. The van der Waals surface area contributed by atoms with Crippen LogP contribution in [0.2, 0.25) is 5.02 Å². The van der Waals surface area contributed by atoms with Crippen molar-refractivity contribution < 1.29 is 14.0 Å². The molecule has 2 aromatic carbocycles. The van der Waals surface area contributed by atoms with Crippen LogP contribution in [0, 0.1) is 12.7 Å². The zero-order valence-electron chi connectivity index (χ0n) is 16.2. The molecule has 0 aromatic heterocycles. The molecule has 1 N–H and O–H groups in total. The summed E-state index contributed by atoms with van der Waals surface area (Å²) in [5.74, 6) is -0.401. The third-order valence-electron chi connectivity index (χ3n) is 4.42. The fourth-order valence-corrected chi connectivity index (χ4v) is 3.92. The van der Waals surface area contributed by atoms with Crippen LogP contribution in [0.1, 0.15) is 23.6 Å². The molecule has 0 heterocycles. The van der Waals surface area contributed by atoms with Gasteiger partial charge in [0.25, 0.3) is 0 Å². The van der Waals surface area contributed by atoms with Crippen LogP contribution in [-0.2, 0) is 21.9 Å². The molecule has 150 valence electrons. The fourth-order valence-electron chi connectivity index (χ4n) is 2.68. The van der Waals surface area contributed by atoms with Gasteiger partial charge in [0, 0.05) is 29.9 Å². The Hall–Kier alpha value is -2.05. The minimum absolute atomic E-state index is 0.123. The summed E-state index contributed by atoms with van der Waals surface area (Å²) in [5, 5.41) is 2.93. The van der Waals surface area contributed by atoms with Gasteiger partial charge in [-0.15, -0.1) is 11.8 Å². The lowest BCUT2D eigenvalue weighted by molar-refractivity contribution is -0.138. The summed E-state index contributed by atoms with van der Waals surface area (Å²) in [6.07, 6.45) is 0. The minimum Gasteiger partial charge on any atom is -0.357 e. The van der Waals surface area contributed by atoms with E-state index in [9.17, 15) is 14.0 Å². The van der Waals surface area contributed by atoms with Gasteiger partial charge in [-0.1, -0.05) is 47.5 Å². The number of benzene rings is 2. The molecule has 2 aromatic rings. The first-order chi connectivity index (χ1) is 13.3. The molecule has 0 bridgehead atoms. The molecule has 28 heavy (non-hydrogen) atoms. The Morgan fingerprint density at radius 2 is 1.89 bits per heavy atom. The van der Waals surface area contributed by atoms with Crippen LogP contribution in [-0.4, -0.2) is 35.6 Å². The van der Waals surface area contributed by atoms with Gasteiger partial charge in [0.05, 0.1) is 5.75 Å².